The maximum atomic E-state index is 11.6. The first-order valence-corrected chi connectivity index (χ1v) is 6.38. The minimum atomic E-state index is -0.752. The third kappa shape index (κ3) is 3.36. The highest BCUT2D eigenvalue weighted by Crippen LogP contribution is 2.24. The highest BCUT2D eigenvalue weighted by Gasteiger charge is 2.26. The van der Waals surface area contributed by atoms with Crippen LogP contribution in [0, 0.1) is 5.92 Å². The number of carboxylic acid groups (broad SMARTS) is 1. The van der Waals surface area contributed by atoms with E-state index in [2.05, 4.69) is 25.4 Å². The highest BCUT2D eigenvalue weighted by atomic mass is 32.1. The number of carboxylic acids is 1. The van der Waals surface area contributed by atoms with E-state index in [1.807, 2.05) is 0 Å². The predicted octanol–water partition coefficient (Wildman–Crippen LogP) is 0.698. The molecular formula is C9H13N5O3S. The number of hydrogen-bond donors (Lipinski definition) is 3. The van der Waals surface area contributed by atoms with Gasteiger partial charge in [-0.1, -0.05) is 9.59 Å². The van der Waals surface area contributed by atoms with Gasteiger partial charge in [0.25, 0.3) is 0 Å². The third-order valence-corrected chi connectivity index (χ3v) is 3.44. The molecule has 2 rings (SSSR count). The van der Waals surface area contributed by atoms with Crippen LogP contribution in [-0.4, -0.2) is 37.9 Å². The van der Waals surface area contributed by atoms with Crippen LogP contribution in [0.5, 0.6) is 0 Å². The Morgan fingerprint density at radius 2 is 2.00 bits per heavy atom. The topological polar surface area (TPSA) is 117 Å². The number of aromatic nitrogens is 3. The number of rotatable bonds is 3. The molecule has 1 fully saturated rings. The fraction of sp³-hybridized carbons (Fsp3) is 0.667. The summed E-state index contributed by atoms with van der Waals surface area (Å²) in [5.74, 6) is -1.03. The number of aliphatic carboxylic acids is 1. The van der Waals surface area contributed by atoms with Gasteiger partial charge in [0.15, 0.2) is 0 Å². The van der Waals surface area contributed by atoms with Crippen molar-refractivity contribution in [2.45, 2.75) is 31.7 Å². The fourth-order valence-electron chi connectivity index (χ4n) is 1.99. The van der Waals surface area contributed by atoms with E-state index >= 15 is 0 Å². The summed E-state index contributed by atoms with van der Waals surface area (Å²) in [5, 5.41) is 21.5. The quantitative estimate of drug-likeness (QED) is 0.744. The van der Waals surface area contributed by atoms with Crippen molar-refractivity contribution in [3.8, 4) is 0 Å². The molecule has 1 aromatic rings. The molecule has 0 unspecified atom stereocenters. The van der Waals surface area contributed by atoms with Crippen LogP contribution < -0.4 is 10.6 Å². The van der Waals surface area contributed by atoms with Crippen molar-refractivity contribution in [1.29, 1.82) is 0 Å². The number of nitrogens with zero attached hydrogens (tertiary/aromatic N) is 3. The van der Waals surface area contributed by atoms with Crippen LogP contribution in [0.1, 0.15) is 25.7 Å². The molecule has 1 heterocycles. The van der Waals surface area contributed by atoms with E-state index in [4.69, 9.17) is 5.11 Å². The molecule has 3 N–H and O–H groups in total. The van der Waals surface area contributed by atoms with E-state index in [-0.39, 0.29) is 18.0 Å². The molecule has 1 saturated carbocycles. The van der Waals surface area contributed by atoms with E-state index < -0.39 is 5.97 Å². The first kappa shape index (κ1) is 12.7. The number of carbonyl (C=O) groups is 2. The van der Waals surface area contributed by atoms with E-state index in [0.29, 0.717) is 30.8 Å². The molecule has 0 radical (unpaired) electrons. The SMILES string of the molecule is O=C(Nc1nnns1)NC1CCC(C(=O)O)CC1. The summed E-state index contributed by atoms with van der Waals surface area (Å²) in [7, 11) is 0. The van der Waals surface area contributed by atoms with Crippen molar-refractivity contribution < 1.29 is 14.7 Å². The Bertz CT molecular complexity index is 416. The Morgan fingerprint density at radius 1 is 1.28 bits per heavy atom. The Hall–Kier alpha value is -1.77. The van der Waals surface area contributed by atoms with Crippen molar-refractivity contribution >= 4 is 28.7 Å². The average Bonchev–Trinajstić information content (AvgIpc) is 2.82. The summed E-state index contributed by atoms with van der Waals surface area (Å²) < 4.78 is 3.52. The zero-order valence-electron chi connectivity index (χ0n) is 9.50. The van der Waals surface area contributed by atoms with Gasteiger partial charge in [0, 0.05) is 17.6 Å². The predicted molar refractivity (Wildman–Crippen MR) is 63.2 cm³/mol. The van der Waals surface area contributed by atoms with Gasteiger partial charge in [-0.25, -0.2) is 4.79 Å². The smallest absolute Gasteiger partial charge is 0.321 e. The van der Waals surface area contributed by atoms with Gasteiger partial charge in [-0.05, 0) is 30.9 Å². The molecule has 0 atom stereocenters. The number of hydrogen-bond acceptors (Lipinski definition) is 6. The van der Waals surface area contributed by atoms with Gasteiger partial charge < -0.3 is 10.4 Å². The van der Waals surface area contributed by atoms with Crippen LogP contribution in [0.2, 0.25) is 0 Å². The van der Waals surface area contributed by atoms with Crippen molar-refractivity contribution in [2.24, 2.45) is 5.92 Å². The summed E-state index contributed by atoms with van der Waals surface area (Å²) in [6, 6.07) is -0.339. The third-order valence-electron chi connectivity index (χ3n) is 2.93. The molecule has 9 heteroatoms. The van der Waals surface area contributed by atoms with Crippen molar-refractivity contribution in [1.82, 2.24) is 20.1 Å². The van der Waals surface area contributed by atoms with Crippen LogP contribution in [0.4, 0.5) is 9.93 Å². The van der Waals surface area contributed by atoms with Gasteiger partial charge in [0.05, 0.1) is 5.92 Å². The summed E-state index contributed by atoms with van der Waals surface area (Å²) in [6.07, 6.45) is 2.55. The van der Waals surface area contributed by atoms with Gasteiger partial charge in [0.2, 0.25) is 5.13 Å². The fourth-order valence-corrected chi connectivity index (χ4v) is 2.35. The van der Waals surface area contributed by atoms with Crippen LogP contribution in [0.15, 0.2) is 0 Å². The molecule has 0 aromatic carbocycles. The molecule has 18 heavy (non-hydrogen) atoms. The summed E-state index contributed by atoms with van der Waals surface area (Å²) in [6.45, 7) is 0. The normalized spacial score (nSPS) is 23.3. The van der Waals surface area contributed by atoms with Crippen molar-refractivity contribution in [3.63, 3.8) is 0 Å². The second-order valence-electron chi connectivity index (χ2n) is 4.15. The van der Waals surface area contributed by atoms with Gasteiger partial charge in [0.1, 0.15) is 0 Å². The highest BCUT2D eigenvalue weighted by molar-refractivity contribution is 7.09. The van der Waals surface area contributed by atoms with E-state index in [0.717, 1.165) is 11.5 Å². The molecule has 1 aliphatic carbocycles. The van der Waals surface area contributed by atoms with Crippen LogP contribution >= 0.6 is 11.5 Å². The van der Waals surface area contributed by atoms with E-state index in [1.165, 1.54) is 0 Å². The molecule has 0 spiro atoms. The van der Waals surface area contributed by atoms with Crippen LogP contribution in [-0.2, 0) is 4.79 Å². The molecule has 2 amide bonds. The second-order valence-corrected chi connectivity index (χ2v) is 4.89. The molecule has 0 bridgehead atoms. The first-order chi connectivity index (χ1) is 8.65. The maximum absolute atomic E-state index is 11.6. The lowest BCUT2D eigenvalue weighted by Gasteiger charge is -2.26. The average molecular weight is 271 g/mol. The minimum absolute atomic E-state index is 0.0153. The standard InChI is InChI=1S/C9H13N5O3S/c15-7(16)5-1-3-6(4-2-5)10-8(17)11-9-12-13-14-18-9/h5-6H,1-4H2,(H,15,16)(H2,10,11,12,14,17). The Morgan fingerprint density at radius 3 is 2.56 bits per heavy atom. The second kappa shape index (κ2) is 5.71. The lowest BCUT2D eigenvalue weighted by Crippen LogP contribution is -2.40. The number of nitrogens with one attached hydrogen (secondary N) is 2. The van der Waals surface area contributed by atoms with Crippen LogP contribution in [0.25, 0.3) is 0 Å². The molecule has 0 aliphatic heterocycles. The molecule has 8 nitrogen and oxygen atoms in total. The Kier molecular flexibility index (Phi) is 4.03. The zero-order chi connectivity index (χ0) is 13.0. The minimum Gasteiger partial charge on any atom is -0.481 e. The Balaban J connectivity index is 1.74. The van der Waals surface area contributed by atoms with E-state index in [9.17, 15) is 9.59 Å². The molecule has 0 saturated heterocycles. The summed E-state index contributed by atoms with van der Waals surface area (Å²) in [4.78, 5) is 22.3. The summed E-state index contributed by atoms with van der Waals surface area (Å²) >= 11 is 0.996. The number of amides is 2. The number of urea groups is 1. The van der Waals surface area contributed by atoms with Crippen LogP contribution in [0.3, 0.4) is 0 Å². The number of anilines is 1. The number of carbonyl (C=O) groups excluding carboxylic acids is 1. The van der Waals surface area contributed by atoms with Gasteiger partial charge in [-0.15, -0.1) is 0 Å². The molecular weight excluding hydrogens is 258 g/mol. The molecule has 98 valence electrons. The zero-order valence-corrected chi connectivity index (χ0v) is 10.3. The maximum Gasteiger partial charge on any atom is 0.321 e. The Labute approximate surface area is 107 Å². The lowest BCUT2D eigenvalue weighted by molar-refractivity contribution is -0.142. The summed E-state index contributed by atoms with van der Waals surface area (Å²) in [5.41, 5.74) is 0. The monoisotopic (exact) mass is 271 g/mol. The van der Waals surface area contributed by atoms with Gasteiger partial charge in [-0.3, -0.25) is 10.1 Å². The van der Waals surface area contributed by atoms with Crippen molar-refractivity contribution in [3.05, 3.63) is 0 Å². The lowest BCUT2D eigenvalue weighted by atomic mass is 9.86. The van der Waals surface area contributed by atoms with Crippen molar-refractivity contribution in [2.75, 3.05) is 5.32 Å². The van der Waals surface area contributed by atoms with Gasteiger partial charge in [-0.2, -0.15) is 0 Å². The first-order valence-electron chi connectivity index (χ1n) is 5.60. The van der Waals surface area contributed by atoms with E-state index in [1.54, 1.807) is 0 Å². The molecule has 1 aliphatic rings. The molecule has 1 aromatic heterocycles. The largest absolute Gasteiger partial charge is 0.481 e. The van der Waals surface area contributed by atoms with Gasteiger partial charge >= 0.3 is 12.0 Å².